The molecule has 0 heterocycles. The van der Waals surface area contributed by atoms with E-state index in [2.05, 4.69) is 11.8 Å². The van der Waals surface area contributed by atoms with Gasteiger partial charge in [-0.05, 0) is 37.5 Å². The maximum Gasteiger partial charge on any atom is 0.244 e. The summed E-state index contributed by atoms with van der Waals surface area (Å²) in [6.07, 6.45) is 1.89. The molecule has 1 aliphatic rings. The maximum atomic E-state index is 12.8. The summed E-state index contributed by atoms with van der Waals surface area (Å²) in [5.74, 6) is 5.62. The first-order valence-electron chi connectivity index (χ1n) is 6.82. The number of aryl methyl sites for hydroxylation is 1. The fourth-order valence-electron chi connectivity index (χ4n) is 2.23. The molecule has 2 rings (SSSR count). The minimum absolute atomic E-state index is 0.154. The lowest BCUT2D eigenvalue weighted by Gasteiger charge is -2.21. The molecule has 1 fully saturated rings. The van der Waals surface area contributed by atoms with Crippen molar-refractivity contribution in [3.8, 4) is 11.8 Å². The lowest BCUT2D eigenvalue weighted by Crippen LogP contribution is -2.33. The van der Waals surface area contributed by atoms with Crippen molar-refractivity contribution in [3.63, 3.8) is 0 Å². The van der Waals surface area contributed by atoms with Crippen LogP contribution in [-0.4, -0.2) is 31.9 Å². The molecule has 0 amide bonds. The van der Waals surface area contributed by atoms with Crippen LogP contribution >= 0.6 is 0 Å². The average molecular weight is 292 g/mol. The highest BCUT2D eigenvalue weighted by molar-refractivity contribution is 7.89. The van der Waals surface area contributed by atoms with Crippen molar-refractivity contribution in [2.75, 3.05) is 13.1 Å². The van der Waals surface area contributed by atoms with Crippen LogP contribution < -0.4 is 5.73 Å². The topological polar surface area (TPSA) is 63.4 Å². The summed E-state index contributed by atoms with van der Waals surface area (Å²) in [4.78, 5) is 0.290. The summed E-state index contributed by atoms with van der Waals surface area (Å²) in [6.45, 7) is 4.50. The van der Waals surface area contributed by atoms with Crippen LogP contribution in [0.2, 0.25) is 0 Å². The summed E-state index contributed by atoms with van der Waals surface area (Å²) in [7, 11) is -3.48. The standard InChI is InChI=1S/C15H20N2O2S/c1-3-17(14-7-8-14)20(18,19)15-9-6-12(2)11-13(15)5-4-10-16/h6,9,11,14H,3,7-8,10,16H2,1-2H3. The number of hydrogen-bond donors (Lipinski definition) is 1. The smallest absolute Gasteiger partial charge is 0.244 e. The number of rotatable bonds is 4. The molecule has 0 radical (unpaired) electrons. The molecule has 108 valence electrons. The Morgan fingerprint density at radius 2 is 2.10 bits per heavy atom. The summed E-state index contributed by atoms with van der Waals surface area (Å²) in [5, 5.41) is 0. The maximum absolute atomic E-state index is 12.8. The van der Waals surface area contributed by atoms with Gasteiger partial charge in [0.05, 0.1) is 11.4 Å². The Labute approximate surface area is 121 Å². The highest BCUT2D eigenvalue weighted by Gasteiger charge is 2.37. The van der Waals surface area contributed by atoms with E-state index in [4.69, 9.17) is 5.73 Å². The minimum atomic E-state index is -3.48. The second kappa shape index (κ2) is 5.96. The molecule has 0 atom stereocenters. The Balaban J connectivity index is 2.50. The molecular formula is C15H20N2O2S. The first kappa shape index (κ1) is 15.0. The van der Waals surface area contributed by atoms with E-state index in [-0.39, 0.29) is 17.5 Å². The van der Waals surface area contributed by atoms with E-state index in [0.29, 0.717) is 12.1 Å². The van der Waals surface area contributed by atoms with Gasteiger partial charge in [0, 0.05) is 18.2 Å². The third kappa shape index (κ3) is 3.04. The molecule has 1 saturated carbocycles. The van der Waals surface area contributed by atoms with Crippen LogP contribution in [0.15, 0.2) is 23.1 Å². The van der Waals surface area contributed by atoms with E-state index in [0.717, 1.165) is 18.4 Å². The normalized spacial score (nSPS) is 15.0. The predicted octanol–water partition coefficient (Wildman–Crippen LogP) is 1.48. The van der Waals surface area contributed by atoms with E-state index < -0.39 is 10.0 Å². The van der Waals surface area contributed by atoms with Crippen LogP contribution in [0.1, 0.15) is 30.9 Å². The largest absolute Gasteiger partial charge is 0.320 e. The second-order valence-corrected chi connectivity index (χ2v) is 6.80. The molecule has 1 aromatic carbocycles. The van der Waals surface area contributed by atoms with Gasteiger partial charge in [-0.25, -0.2) is 8.42 Å². The lowest BCUT2D eigenvalue weighted by atomic mass is 10.1. The number of nitrogens with zero attached hydrogens (tertiary/aromatic N) is 1. The van der Waals surface area contributed by atoms with Crippen molar-refractivity contribution in [2.45, 2.75) is 37.6 Å². The molecule has 0 saturated heterocycles. The van der Waals surface area contributed by atoms with Gasteiger partial charge in [0.2, 0.25) is 10.0 Å². The number of nitrogens with two attached hydrogens (primary N) is 1. The van der Waals surface area contributed by atoms with Gasteiger partial charge >= 0.3 is 0 Å². The molecule has 0 aromatic heterocycles. The molecular weight excluding hydrogens is 272 g/mol. The molecule has 20 heavy (non-hydrogen) atoms. The van der Waals surface area contributed by atoms with Crippen LogP contribution in [0.25, 0.3) is 0 Å². The van der Waals surface area contributed by atoms with Crippen molar-refractivity contribution < 1.29 is 8.42 Å². The van der Waals surface area contributed by atoms with Crippen LogP contribution in [0, 0.1) is 18.8 Å². The van der Waals surface area contributed by atoms with Gasteiger partial charge in [-0.1, -0.05) is 24.8 Å². The summed E-state index contributed by atoms with van der Waals surface area (Å²) in [6, 6.07) is 5.41. The number of sulfonamides is 1. The van der Waals surface area contributed by atoms with Gasteiger partial charge in [0.25, 0.3) is 0 Å². The molecule has 0 unspecified atom stereocenters. The summed E-state index contributed by atoms with van der Waals surface area (Å²) in [5.41, 5.74) is 6.91. The van der Waals surface area contributed by atoms with Gasteiger partial charge in [-0.2, -0.15) is 4.31 Å². The monoisotopic (exact) mass is 292 g/mol. The zero-order valence-corrected chi connectivity index (χ0v) is 12.7. The number of hydrogen-bond acceptors (Lipinski definition) is 3. The van der Waals surface area contributed by atoms with E-state index in [1.54, 1.807) is 22.5 Å². The fourth-order valence-corrected chi connectivity index (χ4v) is 4.05. The van der Waals surface area contributed by atoms with Crippen molar-refractivity contribution in [3.05, 3.63) is 29.3 Å². The Morgan fingerprint density at radius 3 is 2.65 bits per heavy atom. The second-order valence-electron chi connectivity index (χ2n) is 4.95. The molecule has 0 spiro atoms. The molecule has 1 aromatic rings. The highest BCUT2D eigenvalue weighted by Crippen LogP contribution is 2.32. The summed E-state index contributed by atoms with van der Waals surface area (Å²) < 4.78 is 27.1. The Bertz CT molecular complexity index is 652. The first-order valence-corrected chi connectivity index (χ1v) is 8.26. The van der Waals surface area contributed by atoms with Crippen molar-refractivity contribution in [2.24, 2.45) is 5.73 Å². The average Bonchev–Trinajstić information content (AvgIpc) is 3.21. The van der Waals surface area contributed by atoms with Gasteiger partial charge < -0.3 is 5.73 Å². The van der Waals surface area contributed by atoms with Gasteiger partial charge in [0.15, 0.2) is 0 Å². The molecule has 0 bridgehead atoms. The number of benzene rings is 1. The third-order valence-corrected chi connectivity index (χ3v) is 5.40. The van der Waals surface area contributed by atoms with E-state index in [1.165, 1.54) is 0 Å². The Hall–Kier alpha value is -1.35. The molecule has 4 nitrogen and oxygen atoms in total. The molecule has 5 heteroatoms. The highest BCUT2D eigenvalue weighted by atomic mass is 32.2. The van der Waals surface area contributed by atoms with Crippen molar-refractivity contribution in [1.29, 1.82) is 0 Å². The minimum Gasteiger partial charge on any atom is -0.320 e. The predicted molar refractivity (Wildman–Crippen MR) is 79.7 cm³/mol. The lowest BCUT2D eigenvalue weighted by molar-refractivity contribution is 0.421. The Morgan fingerprint density at radius 1 is 1.40 bits per heavy atom. The van der Waals surface area contributed by atoms with Crippen LogP contribution in [-0.2, 0) is 10.0 Å². The zero-order chi connectivity index (χ0) is 14.8. The quantitative estimate of drug-likeness (QED) is 0.855. The first-order chi connectivity index (χ1) is 9.50. The van der Waals surface area contributed by atoms with Crippen LogP contribution in [0.5, 0.6) is 0 Å². The van der Waals surface area contributed by atoms with Crippen LogP contribution in [0.4, 0.5) is 0 Å². The van der Waals surface area contributed by atoms with Gasteiger partial charge in [0.1, 0.15) is 0 Å². The zero-order valence-electron chi connectivity index (χ0n) is 11.9. The Kier molecular flexibility index (Phi) is 4.48. The fraction of sp³-hybridized carbons (Fsp3) is 0.467. The van der Waals surface area contributed by atoms with Gasteiger partial charge in [-0.3, -0.25) is 0 Å². The van der Waals surface area contributed by atoms with Crippen LogP contribution in [0.3, 0.4) is 0 Å². The summed E-state index contributed by atoms with van der Waals surface area (Å²) >= 11 is 0. The van der Waals surface area contributed by atoms with Crippen molar-refractivity contribution >= 4 is 10.0 Å². The molecule has 1 aliphatic carbocycles. The van der Waals surface area contributed by atoms with Crippen molar-refractivity contribution in [1.82, 2.24) is 4.31 Å². The SMILES string of the molecule is CCN(C1CC1)S(=O)(=O)c1ccc(C)cc1C#CCN. The third-order valence-electron chi connectivity index (χ3n) is 3.31. The van der Waals surface area contributed by atoms with E-state index in [1.807, 2.05) is 13.8 Å². The van der Waals surface area contributed by atoms with Gasteiger partial charge in [-0.15, -0.1) is 0 Å². The molecule has 2 N–H and O–H groups in total. The van der Waals surface area contributed by atoms with E-state index in [9.17, 15) is 8.42 Å². The molecule has 0 aliphatic heterocycles. The van der Waals surface area contributed by atoms with E-state index >= 15 is 0 Å².